The molecule has 33 heavy (non-hydrogen) atoms. The van der Waals surface area contributed by atoms with Crippen LogP contribution in [-0.4, -0.2) is 52.6 Å². The zero-order chi connectivity index (χ0) is 23.0. The molecular formula is C24H24Cl2N4O3. The number of hydrogen-bond acceptors (Lipinski definition) is 6. The smallest absolute Gasteiger partial charge is 0.171 e. The second-order valence-corrected chi connectivity index (χ2v) is 9.22. The van der Waals surface area contributed by atoms with Crippen LogP contribution >= 0.6 is 23.2 Å². The van der Waals surface area contributed by atoms with Gasteiger partial charge in [-0.1, -0.05) is 23.2 Å². The van der Waals surface area contributed by atoms with Crippen molar-refractivity contribution < 1.29 is 14.3 Å². The minimum atomic E-state index is -0.441. The molecule has 2 saturated heterocycles. The lowest BCUT2D eigenvalue weighted by Crippen LogP contribution is -2.45. The SMILES string of the molecule is Cc1c(C(=O)Cc2cnc(N3CCC4(CC3)OCCO4)c(Cl)c2)cnn1-c1ccc(Cl)cc1. The van der Waals surface area contributed by atoms with Gasteiger partial charge in [0.25, 0.3) is 0 Å². The van der Waals surface area contributed by atoms with Crippen molar-refractivity contribution in [3.63, 3.8) is 0 Å². The highest BCUT2D eigenvalue weighted by Gasteiger charge is 2.40. The van der Waals surface area contributed by atoms with E-state index < -0.39 is 5.79 Å². The van der Waals surface area contributed by atoms with Crippen molar-refractivity contribution in [1.29, 1.82) is 0 Å². The largest absolute Gasteiger partial charge is 0.355 e. The van der Waals surface area contributed by atoms with E-state index in [1.54, 1.807) is 29.2 Å². The van der Waals surface area contributed by atoms with Crippen LogP contribution in [0, 0.1) is 6.92 Å². The minimum Gasteiger partial charge on any atom is -0.355 e. The number of nitrogens with zero attached hydrogens (tertiary/aromatic N) is 4. The Labute approximate surface area is 202 Å². The van der Waals surface area contributed by atoms with Crippen molar-refractivity contribution in [2.24, 2.45) is 0 Å². The van der Waals surface area contributed by atoms with Crippen LogP contribution in [0.4, 0.5) is 5.82 Å². The Kier molecular flexibility index (Phi) is 6.14. The van der Waals surface area contributed by atoms with Crippen molar-refractivity contribution in [1.82, 2.24) is 14.8 Å². The number of carbonyl (C=O) groups excluding carboxylic acids is 1. The lowest BCUT2D eigenvalue weighted by molar-refractivity contribution is -0.169. The molecule has 2 aliphatic rings. The topological polar surface area (TPSA) is 69.5 Å². The van der Waals surface area contributed by atoms with Crippen LogP contribution in [0.2, 0.25) is 10.0 Å². The number of carbonyl (C=O) groups is 1. The molecule has 0 atom stereocenters. The average Bonchev–Trinajstić information content (AvgIpc) is 3.42. The van der Waals surface area contributed by atoms with Gasteiger partial charge in [-0.25, -0.2) is 9.67 Å². The fourth-order valence-corrected chi connectivity index (χ4v) is 4.89. The third-order valence-corrected chi connectivity index (χ3v) is 6.79. The summed E-state index contributed by atoms with van der Waals surface area (Å²) >= 11 is 12.5. The molecule has 172 valence electrons. The van der Waals surface area contributed by atoms with E-state index in [1.165, 1.54) is 0 Å². The van der Waals surface area contributed by atoms with Gasteiger partial charge in [-0.3, -0.25) is 4.79 Å². The Hall–Kier alpha value is -2.45. The van der Waals surface area contributed by atoms with Gasteiger partial charge in [0.15, 0.2) is 11.6 Å². The summed E-state index contributed by atoms with van der Waals surface area (Å²) in [5.41, 5.74) is 2.96. The third kappa shape index (κ3) is 4.51. The molecule has 0 unspecified atom stereocenters. The van der Waals surface area contributed by atoms with Gasteiger partial charge < -0.3 is 14.4 Å². The number of hydrogen-bond donors (Lipinski definition) is 0. The maximum atomic E-state index is 13.0. The number of pyridine rings is 1. The summed E-state index contributed by atoms with van der Waals surface area (Å²) in [4.78, 5) is 19.7. The molecule has 1 spiro atoms. The fraction of sp³-hybridized carbons (Fsp3) is 0.375. The van der Waals surface area contributed by atoms with E-state index >= 15 is 0 Å². The second-order valence-electron chi connectivity index (χ2n) is 8.38. The first-order chi connectivity index (χ1) is 15.9. The summed E-state index contributed by atoms with van der Waals surface area (Å²) in [6.07, 6.45) is 5.09. The predicted octanol–water partition coefficient (Wildman–Crippen LogP) is 4.65. The molecule has 4 heterocycles. The highest BCUT2D eigenvalue weighted by atomic mass is 35.5. The summed E-state index contributed by atoms with van der Waals surface area (Å²) < 4.78 is 13.3. The number of ketones is 1. The monoisotopic (exact) mass is 486 g/mol. The van der Waals surface area contributed by atoms with Gasteiger partial charge >= 0.3 is 0 Å². The number of benzene rings is 1. The van der Waals surface area contributed by atoms with Crippen molar-refractivity contribution in [3.05, 3.63) is 69.6 Å². The van der Waals surface area contributed by atoms with E-state index in [2.05, 4.69) is 15.0 Å². The third-order valence-electron chi connectivity index (χ3n) is 6.26. The molecule has 2 aromatic heterocycles. The van der Waals surface area contributed by atoms with Crippen LogP contribution in [0.5, 0.6) is 0 Å². The molecule has 0 amide bonds. The summed E-state index contributed by atoms with van der Waals surface area (Å²) in [6, 6.07) is 9.15. The molecule has 2 fully saturated rings. The number of rotatable bonds is 5. The van der Waals surface area contributed by atoms with Gasteiger partial charge in [0.1, 0.15) is 5.82 Å². The van der Waals surface area contributed by atoms with Crippen molar-refractivity contribution >= 4 is 34.8 Å². The van der Waals surface area contributed by atoms with Gasteiger partial charge in [-0.15, -0.1) is 0 Å². The summed E-state index contributed by atoms with van der Waals surface area (Å²) in [5.74, 6) is 0.255. The Balaban J connectivity index is 1.27. The van der Waals surface area contributed by atoms with Crippen molar-refractivity contribution in [2.45, 2.75) is 32.0 Å². The van der Waals surface area contributed by atoms with E-state index in [0.29, 0.717) is 28.8 Å². The van der Waals surface area contributed by atoms with Crippen LogP contribution in [0.3, 0.4) is 0 Å². The zero-order valence-electron chi connectivity index (χ0n) is 18.3. The number of anilines is 1. The Morgan fingerprint density at radius 1 is 1.09 bits per heavy atom. The van der Waals surface area contributed by atoms with Crippen molar-refractivity contribution in [3.8, 4) is 5.69 Å². The van der Waals surface area contributed by atoms with Gasteiger partial charge in [-0.05, 0) is 42.8 Å². The highest BCUT2D eigenvalue weighted by molar-refractivity contribution is 6.33. The number of aromatic nitrogens is 3. The lowest BCUT2D eigenvalue weighted by Gasteiger charge is -2.38. The van der Waals surface area contributed by atoms with Gasteiger partial charge in [0.2, 0.25) is 0 Å². The molecule has 3 aromatic rings. The van der Waals surface area contributed by atoms with Crippen LogP contribution in [0.15, 0.2) is 42.7 Å². The highest BCUT2D eigenvalue weighted by Crippen LogP contribution is 2.35. The number of piperidine rings is 1. The minimum absolute atomic E-state index is 0.0335. The van der Waals surface area contributed by atoms with E-state index in [9.17, 15) is 4.79 Å². The second kappa shape index (κ2) is 9.06. The first kappa shape index (κ1) is 22.3. The van der Waals surface area contributed by atoms with Crippen LogP contribution in [-0.2, 0) is 15.9 Å². The molecule has 7 nitrogen and oxygen atoms in total. The Morgan fingerprint density at radius 2 is 1.79 bits per heavy atom. The average molecular weight is 487 g/mol. The van der Waals surface area contributed by atoms with Gasteiger partial charge in [0.05, 0.1) is 41.4 Å². The maximum absolute atomic E-state index is 13.0. The van der Waals surface area contributed by atoms with E-state index in [4.69, 9.17) is 32.7 Å². The molecule has 9 heteroatoms. The van der Waals surface area contributed by atoms with E-state index in [0.717, 1.165) is 48.7 Å². The first-order valence-electron chi connectivity index (χ1n) is 11.0. The summed E-state index contributed by atoms with van der Waals surface area (Å²) in [5, 5.41) is 5.58. The van der Waals surface area contributed by atoms with Crippen LogP contribution < -0.4 is 4.90 Å². The van der Waals surface area contributed by atoms with E-state index in [-0.39, 0.29) is 12.2 Å². The Morgan fingerprint density at radius 3 is 2.45 bits per heavy atom. The molecule has 1 aromatic carbocycles. The summed E-state index contributed by atoms with van der Waals surface area (Å²) in [6.45, 7) is 4.70. The molecular weight excluding hydrogens is 463 g/mol. The molecule has 2 aliphatic heterocycles. The van der Waals surface area contributed by atoms with Gasteiger partial charge in [0, 0.05) is 43.6 Å². The Bertz CT molecular complexity index is 1160. The predicted molar refractivity (Wildman–Crippen MR) is 127 cm³/mol. The molecule has 0 saturated carbocycles. The van der Waals surface area contributed by atoms with Crippen molar-refractivity contribution in [2.75, 3.05) is 31.2 Å². The molecule has 0 N–H and O–H groups in total. The van der Waals surface area contributed by atoms with E-state index in [1.807, 2.05) is 25.1 Å². The van der Waals surface area contributed by atoms with Crippen LogP contribution in [0.25, 0.3) is 5.69 Å². The van der Waals surface area contributed by atoms with Crippen LogP contribution in [0.1, 0.15) is 34.5 Å². The number of ether oxygens (including phenoxy) is 2. The molecule has 5 rings (SSSR count). The standard InChI is InChI=1S/C24H24Cl2N4O3/c1-16-20(15-28-30(16)19-4-2-18(25)3-5-19)22(31)13-17-12-21(26)23(27-14-17)29-8-6-24(7-9-29)32-10-11-33-24/h2-5,12,14-15H,6-11,13H2,1H3. The fourth-order valence-electron chi connectivity index (χ4n) is 4.45. The first-order valence-corrected chi connectivity index (χ1v) is 11.7. The molecule has 0 aliphatic carbocycles. The number of Topliss-reactive ketones (excluding diaryl/α,β-unsaturated/α-hetero) is 1. The quantitative estimate of drug-likeness (QED) is 0.488. The normalized spacial score (nSPS) is 17.6. The maximum Gasteiger partial charge on any atom is 0.171 e. The zero-order valence-corrected chi connectivity index (χ0v) is 19.8. The molecule has 0 bridgehead atoms. The van der Waals surface area contributed by atoms with Gasteiger partial charge in [-0.2, -0.15) is 5.10 Å². The molecule has 0 radical (unpaired) electrons. The lowest BCUT2D eigenvalue weighted by atomic mass is 10.0. The number of halogens is 2. The summed E-state index contributed by atoms with van der Waals surface area (Å²) in [7, 11) is 0.